The Labute approximate surface area is 102 Å². The maximum absolute atomic E-state index is 11.6. The first-order valence-corrected chi connectivity index (χ1v) is 5.99. The summed E-state index contributed by atoms with van der Waals surface area (Å²) in [5.74, 6) is -0.882. The van der Waals surface area contributed by atoms with Crippen molar-refractivity contribution in [1.29, 1.82) is 0 Å². The standard InChI is InChI=1S/C12H22N2O3/c1-5-12(4,9(15)16)7-13-10(17)14-8-6-11(8,2)3/h8H,5-7H2,1-4H3,(H,15,16)(H2,13,14,17). The van der Waals surface area contributed by atoms with Crippen LogP contribution in [-0.4, -0.2) is 29.7 Å². The van der Waals surface area contributed by atoms with E-state index in [4.69, 9.17) is 5.11 Å². The first-order valence-electron chi connectivity index (χ1n) is 5.99. The molecule has 1 aliphatic rings. The number of hydrogen-bond acceptors (Lipinski definition) is 2. The van der Waals surface area contributed by atoms with E-state index >= 15 is 0 Å². The highest BCUT2D eigenvalue weighted by atomic mass is 16.4. The molecular formula is C12H22N2O3. The molecule has 0 aromatic heterocycles. The molecule has 2 amide bonds. The molecule has 17 heavy (non-hydrogen) atoms. The molecule has 0 aliphatic heterocycles. The number of rotatable bonds is 5. The summed E-state index contributed by atoms with van der Waals surface area (Å²) in [6, 6.07) is -0.0679. The molecule has 2 unspecified atom stereocenters. The molecule has 0 spiro atoms. The molecule has 3 N–H and O–H groups in total. The summed E-state index contributed by atoms with van der Waals surface area (Å²) in [7, 11) is 0. The van der Waals surface area contributed by atoms with Crippen molar-refractivity contribution in [1.82, 2.24) is 10.6 Å². The lowest BCUT2D eigenvalue weighted by molar-refractivity contribution is -0.147. The van der Waals surface area contributed by atoms with Crippen LogP contribution in [0.25, 0.3) is 0 Å². The average Bonchev–Trinajstić information content (AvgIpc) is 2.82. The Balaban J connectivity index is 2.35. The van der Waals surface area contributed by atoms with Gasteiger partial charge < -0.3 is 15.7 Å². The highest BCUT2D eigenvalue weighted by Crippen LogP contribution is 2.44. The van der Waals surface area contributed by atoms with Crippen LogP contribution in [0.2, 0.25) is 0 Å². The predicted molar refractivity (Wildman–Crippen MR) is 64.8 cm³/mol. The molecule has 2 atom stereocenters. The number of carboxylic acid groups (broad SMARTS) is 1. The van der Waals surface area contributed by atoms with Gasteiger partial charge in [-0.25, -0.2) is 4.79 Å². The highest BCUT2D eigenvalue weighted by Gasteiger charge is 2.46. The van der Waals surface area contributed by atoms with E-state index in [2.05, 4.69) is 24.5 Å². The number of amides is 2. The first-order chi connectivity index (χ1) is 7.71. The third kappa shape index (κ3) is 3.35. The molecule has 0 bridgehead atoms. The van der Waals surface area contributed by atoms with Crippen LogP contribution < -0.4 is 10.6 Å². The molecule has 1 fully saturated rings. The number of aliphatic carboxylic acids is 1. The van der Waals surface area contributed by atoms with Crippen molar-refractivity contribution < 1.29 is 14.7 Å². The zero-order valence-electron chi connectivity index (χ0n) is 11.0. The van der Waals surface area contributed by atoms with Crippen LogP contribution in [-0.2, 0) is 4.79 Å². The van der Waals surface area contributed by atoms with Gasteiger partial charge in [0.25, 0.3) is 0 Å². The van der Waals surface area contributed by atoms with Crippen LogP contribution >= 0.6 is 0 Å². The minimum Gasteiger partial charge on any atom is -0.481 e. The molecule has 1 saturated carbocycles. The van der Waals surface area contributed by atoms with Crippen molar-refractivity contribution in [2.24, 2.45) is 10.8 Å². The molecule has 0 radical (unpaired) electrons. The van der Waals surface area contributed by atoms with Crippen molar-refractivity contribution in [3.8, 4) is 0 Å². The summed E-state index contributed by atoms with van der Waals surface area (Å²) in [5.41, 5.74) is -0.714. The van der Waals surface area contributed by atoms with Crippen molar-refractivity contribution in [3.05, 3.63) is 0 Å². The predicted octanol–water partition coefficient (Wildman–Crippen LogP) is 1.58. The second-order valence-electron chi connectivity index (χ2n) is 5.79. The van der Waals surface area contributed by atoms with Crippen LogP contribution in [0.3, 0.4) is 0 Å². The molecule has 98 valence electrons. The van der Waals surface area contributed by atoms with Crippen LogP contribution in [0, 0.1) is 10.8 Å². The minimum absolute atomic E-state index is 0.151. The van der Waals surface area contributed by atoms with E-state index < -0.39 is 11.4 Å². The number of hydrogen-bond donors (Lipinski definition) is 3. The lowest BCUT2D eigenvalue weighted by Gasteiger charge is -2.23. The van der Waals surface area contributed by atoms with Crippen molar-refractivity contribution in [2.45, 2.75) is 46.6 Å². The van der Waals surface area contributed by atoms with E-state index in [-0.39, 0.29) is 24.0 Å². The van der Waals surface area contributed by atoms with Crippen molar-refractivity contribution in [2.75, 3.05) is 6.54 Å². The van der Waals surface area contributed by atoms with E-state index in [9.17, 15) is 9.59 Å². The number of urea groups is 1. The van der Waals surface area contributed by atoms with Crippen LogP contribution in [0.5, 0.6) is 0 Å². The fraction of sp³-hybridized carbons (Fsp3) is 0.833. The van der Waals surface area contributed by atoms with E-state index in [1.54, 1.807) is 13.8 Å². The molecule has 0 aromatic carbocycles. The fourth-order valence-corrected chi connectivity index (χ4v) is 1.55. The molecule has 5 heteroatoms. The molecule has 0 saturated heterocycles. The normalized spacial score (nSPS) is 24.6. The van der Waals surface area contributed by atoms with E-state index in [0.717, 1.165) is 6.42 Å². The third-order valence-corrected chi connectivity index (χ3v) is 3.75. The Morgan fingerprint density at radius 3 is 2.35 bits per heavy atom. The Bertz CT molecular complexity index is 328. The quantitative estimate of drug-likeness (QED) is 0.685. The summed E-state index contributed by atoms with van der Waals surface area (Å²) in [5, 5.41) is 14.5. The second kappa shape index (κ2) is 4.55. The Kier molecular flexibility index (Phi) is 3.69. The Morgan fingerprint density at radius 2 is 2.00 bits per heavy atom. The number of carbonyl (C=O) groups excluding carboxylic acids is 1. The molecular weight excluding hydrogens is 220 g/mol. The van der Waals surface area contributed by atoms with Gasteiger partial charge in [-0.3, -0.25) is 4.79 Å². The Morgan fingerprint density at radius 1 is 1.47 bits per heavy atom. The molecule has 0 heterocycles. The maximum Gasteiger partial charge on any atom is 0.315 e. The third-order valence-electron chi connectivity index (χ3n) is 3.75. The number of carbonyl (C=O) groups is 2. The van der Waals surface area contributed by atoms with Gasteiger partial charge in [0.15, 0.2) is 0 Å². The summed E-state index contributed by atoms with van der Waals surface area (Å²) in [6.45, 7) is 7.77. The monoisotopic (exact) mass is 242 g/mol. The van der Waals surface area contributed by atoms with Gasteiger partial charge >= 0.3 is 12.0 Å². The van der Waals surface area contributed by atoms with E-state index in [1.807, 2.05) is 0 Å². The van der Waals surface area contributed by atoms with Crippen LogP contribution in [0.4, 0.5) is 4.79 Å². The van der Waals surface area contributed by atoms with E-state index in [0.29, 0.717) is 6.42 Å². The lowest BCUT2D eigenvalue weighted by atomic mass is 9.88. The van der Waals surface area contributed by atoms with Gasteiger partial charge in [0.05, 0.1) is 5.41 Å². The largest absolute Gasteiger partial charge is 0.481 e. The number of carboxylic acids is 1. The molecule has 0 aromatic rings. The van der Waals surface area contributed by atoms with Crippen molar-refractivity contribution >= 4 is 12.0 Å². The summed E-state index contributed by atoms with van der Waals surface area (Å²) >= 11 is 0. The van der Waals surface area contributed by atoms with Gasteiger partial charge in [-0.1, -0.05) is 20.8 Å². The van der Waals surface area contributed by atoms with Gasteiger partial charge in [-0.05, 0) is 25.2 Å². The van der Waals surface area contributed by atoms with Gasteiger partial charge in [0.1, 0.15) is 0 Å². The zero-order chi connectivity index (χ0) is 13.3. The molecule has 1 aliphatic carbocycles. The smallest absolute Gasteiger partial charge is 0.315 e. The zero-order valence-corrected chi connectivity index (χ0v) is 11.0. The van der Waals surface area contributed by atoms with Crippen molar-refractivity contribution in [3.63, 3.8) is 0 Å². The van der Waals surface area contributed by atoms with Crippen LogP contribution in [0.15, 0.2) is 0 Å². The maximum atomic E-state index is 11.6. The lowest BCUT2D eigenvalue weighted by Crippen LogP contribution is -2.45. The number of nitrogens with one attached hydrogen (secondary N) is 2. The minimum atomic E-state index is -0.892. The highest BCUT2D eigenvalue weighted by molar-refractivity contribution is 5.78. The van der Waals surface area contributed by atoms with Crippen LogP contribution in [0.1, 0.15) is 40.5 Å². The van der Waals surface area contributed by atoms with Gasteiger partial charge in [0, 0.05) is 12.6 Å². The topological polar surface area (TPSA) is 78.4 Å². The second-order valence-corrected chi connectivity index (χ2v) is 5.79. The first kappa shape index (κ1) is 13.8. The molecule has 5 nitrogen and oxygen atoms in total. The summed E-state index contributed by atoms with van der Waals surface area (Å²) in [6.07, 6.45) is 1.46. The average molecular weight is 242 g/mol. The fourth-order valence-electron chi connectivity index (χ4n) is 1.55. The Hall–Kier alpha value is -1.26. The van der Waals surface area contributed by atoms with Gasteiger partial charge in [-0.2, -0.15) is 0 Å². The summed E-state index contributed by atoms with van der Waals surface area (Å²) in [4.78, 5) is 22.6. The van der Waals surface area contributed by atoms with E-state index in [1.165, 1.54) is 0 Å². The SMILES string of the molecule is CCC(C)(CNC(=O)NC1CC1(C)C)C(=O)O. The summed E-state index contributed by atoms with van der Waals surface area (Å²) < 4.78 is 0. The molecule has 1 rings (SSSR count). The van der Waals surface area contributed by atoms with Gasteiger partial charge in [-0.15, -0.1) is 0 Å². The van der Waals surface area contributed by atoms with Gasteiger partial charge in [0.2, 0.25) is 0 Å².